The van der Waals surface area contributed by atoms with Gasteiger partial charge in [0.15, 0.2) is 5.78 Å². The summed E-state index contributed by atoms with van der Waals surface area (Å²) < 4.78 is 33.1. The summed E-state index contributed by atoms with van der Waals surface area (Å²) in [6, 6.07) is 7.50. The number of Topliss-reactive ketones (excluding diaryl/α,β-unsaturated/α-hetero) is 1. The molecule has 0 aliphatic carbocycles. The number of rotatable bonds is 3. The van der Waals surface area contributed by atoms with Gasteiger partial charge in [-0.3, -0.25) is 9.59 Å². The lowest BCUT2D eigenvalue weighted by Crippen LogP contribution is -2.54. The molecule has 7 nitrogen and oxygen atoms in total. The van der Waals surface area contributed by atoms with Gasteiger partial charge in [-0.05, 0) is 35.9 Å². The first-order chi connectivity index (χ1) is 14.8. The molecule has 162 valence electrons. The summed E-state index contributed by atoms with van der Waals surface area (Å²) in [4.78, 5) is 37.9. The van der Waals surface area contributed by atoms with E-state index >= 15 is 0 Å². The van der Waals surface area contributed by atoms with Crippen molar-refractivity contribution in [3.8, 4) is 5.75 Å². The predicted octanol–water partition coefficient (Wildman–Crippen LogP) is 2.77. The number of carbonyl (C=O) groups is 3. The van der Waals surface area contributed by atoms with E-state index in [9.17, 15) is 23.2 Å². The van der Waals surface area contributed by atoms with Gasteiger partial charge in [-0.2, -0.15) is 0 Å². The first-order valence-corrected chi connectivity index (χ1v) is 9.89. The molecule has 2 aromatic rings. The molecule has 0 atom stereocenters. The number of urea groups is 1. The number of nitrogens with zero attached hydrogens (tertiary/aromatic N) is 1. The zero-order valence-electron chi connectivity index (χ0n) is 16.6. The Morgan fingerprint density at radius 1 is 1.13 bits per heavy atom. The summed E-state index contributed by atoms with van der Waals surface area (Å²) in [5.41, 5.74) is 5.00. The van der Waals surface area contributed by atoms with Crippen molar-refractivity contribution in [2.75, 3.05) is 13.1 Å². The second kappa shape index (κ2) is 7.98. The molecule has 2 aliphatic rings. The summed E-state index contributed by atoms with van der Waals surface area (Å²) in [7, 11) is 0. The largest absolute Gasteiger partial charge is 0.486 e. The highest BCUT2D eigenvalue weighted by molar-refractivity contribution is 6.00. The fourth-order valence-electron chi connectivity index (χ4n) is 4.02. The monoisotopic (exact) mass is 429 g/mol. The molecule has 4 rings (SSSR count). The van der Waals surface area contributed by atoms with Crippen molar-refractivity contribution in [1.82, 2.24) is 10.2 Å². The van der Waals surface area contributed by atoms with E-state index in [1.54, 1.807) is 4.90 Å². The van der Waals surface area contributed by atoms with Crippen molar-refractivity contribution in [2.45, 2.75) is 31.4 Å². The number of benzene rings is 2. The number of hydrogen-bond donors (Lipinski definition) is 2. The van der Waals surface area contributed by atoms with E-state index in [4.69, 9.17) is 10.5 Å². The van der Waals surface area contributed by atoms with Crippen LogP contribution >= 0.6 is 0 Å². The lowest BCUT2D eigenvalue weighted by Gasteiger charge is -2.43. The molecular weight excluding hydrogens is 408 g/mol. The number of primary amides is 1. The molecule has 31 heavy (non-hydrogen) atoms. The maximum atomic E-state index is 13.6. The van der Waals surface area contributed by atoms with Crippen molar-refractivity contribution >= 4 is 17.7 Å². The molecule has 2 aliphatic heterocycles. The summed E-state index contributed by atoms with van der Waals surface area (Å²) in [5, 5.41) is 2.74. The SMILES string of the molecule is NC(=O)c1cc(CNC(=O)N2CCC3(CC2)CC(=O)c2cc(F)ccc2O3)ccc1F. The Labute approximate surface area is 177 Å². The molecule has 2 heterocycles. The van der Waals surface area contributed by atoms with E-state index in [1.807, 2.05) is 0 Å². The van der Waals surface area contributed by atoms with Gasteiger partial charge in [-0.1, -0.05) is 6.07 Å². The summed E-state index contributed by atoms with van der Waals surface area (Å²) in [6.45, 7) is 0.867. The van der Waals surface area contributed by atoms with Crippen LogP contribution in [0.3, 0.4) is 0 Å². The fourth-order valence-corrected chi connectivity index (χ4v) is 4.02. The number of nitrogens with two attached hydrogens (primary N) is 1. The summed E-state index contributed by atoms with van der Waals surface area (Å²) in [6.07, 6.45) is 1.07. The van der Waals surface area contributed by atoms with Gasteiger partial charge in [0, 0.05) is 32.5 Å². The van der Waals surface area contributed by atoms with Crippen LogP contribution in [0, 0.1) is 11.6 Å². The Kier molecular flexibility index (Phi) is 5.34. The highest BCUT2D eigenvalue weighted by Crippen LogP contribution is 2.39. The topological polar surface area (TPSA) is 102 Å². The fraction of sp³-hybridized carbons (Fsp3) is 0.318. The second-order valence-electron chi connectivity index (χ2n) is 7.85. The number of piperidine rings is 1. The zero-order valence-corrected chi connectivity index (χ0v) is 16.6. The maximum Gasteiger partial charge on any atom is 0.317 e. The quantitative estimate of drug-likeness (QED) is 0.783. The predicted molar refractivity (Wildman–Crippen MR) is 107 cm³/mol. The van der Waals surface area contributed by atoms with Crippen LogP contribution in [-0.2, 0) is 6.54 Å². The number of hydrogen-bond acceptors (Lipinski definition) is 4. The number of likely N-dealkylation sites (tertiary alicyclic amines) is 1. The van der Waals surface area contributed by atoms with Crippen LogP contribution in [0.1, 0.15) is 45.5 Å². The van der Waals surface area contributed by atoms with Gasteiger partial charge in [0.25, 0.3) is 5.91 Å². The second-order valence-corrected chi connectivity index (χ2v) is 7.85. The third-order valence-corrected chi connectivity index (χ3v) is 5.75. The highest BCUT2D eigenvalue weighted by Gasteiger charge is 2.43. The Morgan fingerprint density at radius 2 is 1.87 bits per heavy atom. The average molecular weight is 429 g/mol. The Balaban J connectivity index is 1.35. The number of nitrogens with one attached hydrogen (secondary N) is 1. The first-order valence-electron chi connectivity index (χ1n) is 9.89. The van der Waals surface area contributed by atoms with Crippen molar-refractivity contribution in [2.24, 2.45) is 5.73 Å². The molecule has 1 fully saturated rings. The van der Waals surface area contributed by atoms with Crippen molar-refractivity contribution in [3.63, 3.8) is 0 Å². The van der Waals surface area contributed by atoms with E-state index < -0.39 is 23.1 Å². The Hall–Kier alpha value is -3.49. The van der Waals surface area contributed by atoms with E-state index in [1.165, 1.54) is 30.3 Å². The van der Waals surface area contributed by atoms with E-state index in [-0.39, 0.29) is 35.9 Å². The summed E-state index contributed by atoms with van der Waals surface area (Å²) in [5.74, 6) is -1.87. The van der Waals surface area contributed by atoms with Crippen LogP contribution in [0.5, 0.6) is 5.75 Å². The molecule has 3 N–H and O–H groups in total. The number of amides is 3. The standard InChI is InChI=1S/C22H21F2N3O4/c23-14-2-4-19-16(10-14)18(28)11-22(31-19)5-7-27(8-6-22)21(30)26-12-13-1-3-17(24)15(9-13)20(25)29/h1-4,9-10H,5-8,11-12H2,(H2,25,29)(H,26,30). The number of halogens is 2. The molecule has 1 spiro atoms. The highest BCUT2D eigenvalue weighted by atomic mass is 19.1. The van der Waals surface area contributed by atoms with Gasteiger partial charge in [0.05, 0.1) is 17.5 Å². The molecule has 0 bridgehead atoms. The van der Waals surface area contributed by atoms with Gasteiger partial charge in [0.2, 0.25) is 0 Å². The minimum absolute atomic E-state index is 0.106. The Bertz CT molecular complexity index is 1060. The minimum Gasteiger partial charge on any atom is -0.486 e. The van der Waals surface area contributed by atoms with Gasteiger partial charge >= 0.3 is 6.03 Å². The number of ether oxygens (including phenoxy) is 1. The van der Waals surface area contributed by atoms with E-state index in [2.05, 4.69) is 5.32 Å². The van der Waals surface area contributed by atoms with Crippen LogP contribution in [0.25, 0.3) is 0 Å². The minimum atomic E-state index is -0.877. The van der Waals surface area contributed by atoms with Crippen LogP contribution in [0.2, 0.25) is 0 Å². The van der Waals surface area contributed by atoms with Gasteiger partial charge in [-0.25, -0.2) is 13.6 Å². The lowest BCUT2D eigenvalue weighted by atomic mass is 9.82. The maximum absolute atomic E-state index is 13.6. The van der Waals surface area contributed by atoms with Gasteiger partial charge in [-0.15, -0.1) is 0 Å². The molecular formula is C22H21F2N3O4. The zero-order chi connectivity index (χ0) is 22.2. The molecule has 0 saturated carbocycles. The van der Waals surface area contributed by atoms with Crippen LogP contribution in [-0.4, -0.2) is 41.3 Å². The molecule has 9 heteroatoms. The molecule has 2 aromatic carbocycles. The smallest absolute Gasteiger partial charge is 0.317 e. The molecule has 0 radical (unpaired) electrons. The molecule has 3 amide bonds. The third-order valence-electron chi connectivity index (χ3n) is 5.75. The first kappa shape index (κ1) is 20.8. The number of carbonyl (C=O) groups excluding carboxylic acids is 3. The Morgan fingerprint density at radius 3 is 2.58 bits per heavy atom. The lowest BCUT2D eigenvalue weighted by molar-refractivity contribution is -0.000812. The molecule has 0 aromatic heterocycles. The van der Waals surface area contributed by atoms with E-state index in [0.717, 1.165) is 6.07 Å². The van der Waals surface area contributed by atoms with Gasteiger partial charge < -0.3 is 20.7 Å². The normalized spacial score (nSPS) is 17.1. The van der Waals surface area contributed by atoms with Crippen LogP contribution < -0.4 is 15.8 Å². The summed E-state index contributed by atoms with van der Waals surface area (Å²) >= 11 is 0. The van der Waals surface area contributed by atoms with E-state index in [0.29, 0.717) is 37.2 Å². The van der Waals surface area contributed by atoms with Crippen LogP contribution in [0.15, 0.2) is 36.4 Å². The van der Waals surface area contributed by atoms with Crippen LogP contribution in [0.4, 0.5) is 13.6 Å². The van der Waals surface area contributed by atoms with Crippen molar-refractivity contribution < 1.29 is 27.9 Å². The van der Waals surface area contributed by atoms with Crippen molar-refractivity contribution in [3.05, 3.63) is 64.7 Å². The third kappa shape index (κ3) is 4.21. The molecule has 1 saturated heterocycles. The van der Waals surface area contributed by atoms with Crippen molar-refractivity contribution in [1.29, 1.82) is 0 Å². The number of ketones is 1. The number of fused-ring (bicyclic) bond motifs is 1. The van der Waals surface area contributed by atoms with Gasteiger partial charge in [0.1, 0.15) is 23.0 Å². The molecule has 0 unspecified atom stereocenters. The average Bonchev–Trinajstić information content (AvgIpc) is 2.74.